The highest BCUT2D eigenvalue weighted by atomic mass is 79.9. The summed E-state index contributed by atoms with van der Waals surface area (Å²) in [6, 6.07) is 6.14. The molecular formula is C14H15BrO2S. The zero-order valence-electron chi connectivity index (χ0n) is 9.93. The molecule has 18 heavy (non-hydrogen) atoms. The van der Waals surface area contributed by atoms with Crippen molar-refractivity contribution in [3.8, 4) is 0 Å². The average molecular weight is 327 g/mol. The fourth-order valence-corrected chi connectivity index (χ4v) is 4.19. The molecule has 3 rings (SSSR count). The maximum atomic E-state index is 10.5. The molecule has 0 saturated carbocycles. The van der Waals surface area contributed by atoms with E-state index in [9.17, 15) is 5.11 Å². The van der Waals surface area contributed by atoms with Crippen LogP contribution in [-0.4, -0.2) is 18.3 Å². The fourth-order valence-electron chi connectivity index (χ4n) is 2.54. The zero-order valence-corrected chi connectivity index (χ0v) is 12.3. The minimum Gasteiger partial charge on any atom is -0.388 e. The van der Waals surface area contributed by atoms with Gasteiger partial charge in [-0.3, -0.25) is 0 Å². The van der Waals surface area contributed by atoms with E-state index >= 15 is 0 Å². The molecule has 2 nitrogen and oxygen atoms in total. The summed E-state index contributed by atoms with van der Waals surface area (Å²) >= 11 is 5.24. The molecule has 1 aliphatic rings. The Balaban J connectivity index is 1.96. The average Bonchev–Trinajstić information content (AvgIpc) is 2.84. The first-order valence-electron chi connectivity index (χ1n) is 6.19. The van der Waals surface area contributed by atoms with Crippen LogP contribution in [0.25, 0.3) is 10.1 Å². The standard InChI is InChI=1S/C14H15BrO2S/c15-12-5-1-4-10-11(8-18-14(10)12)13(16)9-3-2-6-17-7-9/h1,4-5,8-9,13,16H,2-3,6-7H2. The second-order valence-corrected chi connectivity index (χ2v) is 6.46. The van der Waals surface area contributed by atoms with Crippen molar-refractivity contribution in [1.82, 2.24) is 0 Å². The lowest BCUT2D eigenvalue weighted by Gasteiger charge is -2.26. The number of hydrogen-bond acceptors (Lipinski definition) is 3. The Hall–Kier alpha value is -0.420. The van der Waals surface area contributed by atoms with Gasteiger partial charge in [0.05, 0.1) is 12.7 Å². The van der Waals surface area contributed by atoms with Crippen molar-refractivity contribution in [2.75, 3.05) is 13.2 Å². The number of fused-ring (bicyclic) bond motifs is 1. The van der Waals surface area contributed by atoms with Crippen LogP contribution in [0.3, 0.4) is 0 Å². The summed E-state index contributed by atoms with van der Waals surface area (Å²) in [4.78, 5) is 0. The van der Waals surface area contributed by atoms with Crippen LogP contribution in [0, 0.1) is 5.92 Å². The first-order chi connectivity index (χ1) is 8.77. The van der Waals surface area contributed by atoms with E-state index in [1.54, 1.807) is 11.3 Å². The maximum absolute atomic E-state index is 10.5. The summed E-state index contributed by atoms with van der Waals surface area (Å²) in [5, 5.41) is 13.8. The van der Waals surface area contributed by atoms with Gasteiger partial charge >= 0.3 is 0 Å². The molecule has 0 amide bonds. The Morgan fingerprint density at radius 2 is 2.33 bits per heavy atom. The smallest absolute Gasteiger partial charge is 0.0854 e. The second-order valence-electron chi connectivity index (χ2n) is 4.73. The number of benzene rings is 1. The number of ether oxygens (including phenoxy) is 1. The Morgan fingerprint density at radius 3 is 3.11 bits per heavy atom. The van der Waals surface area contributed by atoms with E-state index in [4.69, 9.17) is 4.74 Å². The third-order valence-electron chi connectivity index (χ3n) is 3.54. The number of aliphatic hydroxyl groups excluding tert-OH is 1. The summed E-state index contributed by atoms with van der Waals surface area (Å²) in [6.07, 6.45) is 1.69. The molecular weight excluding hydrogens is 312 g/mol. The SMILES string of the molecule is OC(c1csc2c(Br)cccc12)C1CCCOC1. The van der Waals surface area contributed by atoms with Crippen LogP contribution < -0.4 is 0 Å². The molecule has 0 aliphatic carbocycles. The van der Waals surface area contributed by atoms with Crippen molar-refractivity contribution in [2.24, 2.45) is 5.92 Å². The predicted molar refractivity (Wildman–Crippen MR) is 78.0 cm³/mol. The van der Waals surface area contributed by atoms with Gasteiger partial charge in [-0.25, -0.2) is 0 Å². The molecule has 2 unspecified atom stereocenters. The highest BCUT2D eigenvalue weighted by Crippen LogP contribution is 2.38. The van der Waals surface area contributed by atoms with Gasteiger partial charge in [-0.15, -0.1) is 11.3 Å². The van der Waals surface area contributed by atoms with E-state index in [-0.39, 0.29) is 5.92 Å². The monoisotopic (exact) mass is 326 g/mol. The van der Waals surface area contributed by atoms with Crippen molar-refractivity contribution in [1.29, 1.82) is 0 Å². The summed E-state index contributed by atoms with van der Waals surface area (Å²) in [7, 11) is 0. The second kappa shape index (κ2) is 5.29. The first-order valence-corrected chi connectivity index (χ1v) is 7.86. The van der Waals surface area contributed by atoms with Gasteiger partial charge in [-0.2, -0.15) is 0 Å². The zero-order chi connectivity index (χ0) is 12.5. The minimum atomic E-state index is -0.409. The molecule has 2 atom stereocenters. The van der Waals surface area contributed by atoms with Crippen LogP contribution in [0.1, 0.15) is 24.5 Å². The van der Waals surface area contributed by atoms with Crippen molar-refractivity contribution in [2.45, 2.75) is 18.9 Å². The van der Waals surface area contributed by atoms with E-state index in [1.807, 2.05) is 12.1 Å². The summed E-state index contributed by atoms with van der Waals surface area (Å²) in [5.74, 6) is 0.232. The highest BCUT2D eigenvalue weighted by Gasteiger charge is 2.25. The molecule has 1 aromatic heterocycles. The van der Waals surface area contributed by atoms with Gasteiger partial charge in [-0.05, 0) is 51.2 Å². The third kappa shape index (κ3) is 2.23. The van der Waals surface area contributed by atoms with Crippen molar-refractivity contribution in [3.05, 3.63) is 33.6 Å². The van der Waals surface area contributed by atoms with Crippen molar-refractivity contribution < 1.29 is 9.84 Å². The molecule has 4 heteroatoms. The molecule has 0 spiro atoms. The van der Waals surface area contributed by atoms with Gasteiger partial charge in [0.15, 0.2) is 0 Å². The molecule has 0 radical (unpaired) electrons. The van der Waals surface area contributed by atoms with Crippen LogP contribution >= 0.6 is 27.3 Å². The van der Waals surface area contributed by atoms with Crippen LogP contribution in [0.2, 0.25) is 0 Å². The third-order valence-corrected chi connectivity index (χ3v) is 5.51. The summed E-state index contributed by atoms with van der Waals surface area (Å²) < 4.78 is 7.78. The van der Waals surface area contributed by atoms with E-state index in [0.717, 1.165) is 34.9 Å². The predicted octanol–water partition coefficient (Wildman–Crippen LogP) is 4.12. The first kappa shape index (κ1) is 12.6. The van der Waals surface area contributed by atoms with E-state index in [1.165, 1.54) is 4.70 Å². The topological polar surface area (TPSA) is 29.5 Å². The fraction of sp³-hybridized carbons (Fsp3) is 0.429. The van der Waals surface area contributed by atoms with Crippen molar-refractivity contribution >= 4 is 37.4 Å². The van der Waals surface area contributed by atoms with Gasteiger partial charge in [0.2, 0.25) is 0 Å². The van der Waals surface area contributed by atoms with Gasteiger partial charge in [0.1, 0.15) is 0 Å². The lowest BCUT2D eigenvalue weighted by molar-refractivity contribution is -0.00930. The number of aliphatic hydroxyl groups is 1. The Kier molecular flexibility index (Phi) is 3.71. The Labute approximate surface area is 119 Å². The molecule has 1 fully saturated rings. The van der Waals surface area contributed by atoms with E-state index < -0.39 is 6.10 Å². The van der Waals surface area contributed by atoms with Crippen LogP contribution in [-0.2, 0) is 4.74 Å². The van der Waals surface area contributed by atoms with Crippen LogP contribution in [0.5, 0.6) is 0 Å². The maximum Gasteiger partial charge on any atom is 0.0854 e. The van der Waals surface area contributed by atoms with Gasteiger partial charge in [0, 0.05) is 21.7 Å². The number of thiophene rings is 1. The normalized spacial score (nSPS) is 22.2. The minimum absolute atomic E-state index is 0.232. The molecule has 1 aliphatic heterocycles. The van der Waals surface area contributed by atoms with Gasteiger partial charge in [0.25, 0.3) is 0 Å². The van der Waals surface area contributed by atoms with Gasteiger partial charge in [-0.1, -0.05) is 12.1 Å². The highest BCUT2D eigenvalue weighted by molar-refractivity contribution is 9.10. The molecule has 2 aromatic rings. The van der Waals surface area contributed by atoms with Crippen LogP contribution in [0.15, 0.2) is 28.1 Å². The number of halogens is 1. The molecule has 0 bridgehead atoms. The quantitative estimate of drug-likeness (QED) is 0.899. The van der Waals surface area contributed by atoms with Crippen LogP contribution in [0.4, 0.5) is 0 Å². The summed E-state index contributed by atoms with van der Waals surface area (Å²) in [5.41, 5.74) is 1.05. The molecule has 1 N–H and O–H groups in total. The largest absolute Gasteiger partial charge is 0.388 e. The summed E-state index contributed by atoms with van der Waals surface area (Å²) in [6.45, 7) is 1.51. The Bertz CT molecular complexity index is 546. The molecule has 1 aromatic carbocycles. The Morgan fingerprint density at radius 1 is 1.44 bits per heavy atom. The lowest BCUT2D eigenvalue weighted by atomic mass is 9.91. The van der Waals surface area contributed by atoms with Gasteiger partial charge < -0.3 is 9.84 Å². The molecule has 1 saturated heterocycles. The van der Waals surface area contributed by atoms with E-state index in [0.29, 0.717) is 6.61 Å². The molecule has 96 valence electrons. The van der Waals surface area contributed by atoms with E-state index in [2.05, 4.69) is 27.4 Å². The number of rotatable bonds is 2. The molecule has 2 heterocycles. The number of hydrogen-bond donors (Lipinski definition) is 1. The lowest BCUT2D eigenvalue weighted by Crippen LogP contribution is -2.23. The van der Waals surface area contributed by atoms with Crippen molar-refractivity contribution in [3.63, 3.8) is 0 Å².